The minimum atomic E-state index is -4.67. The lowest BCUT2D eigenvalue weighted by Gasteiger charge is -2.41. The molecular weight excluding hydrogens is 325 g/mol. The first-order valence-electron chi connectivity index (χ1n) is 6.78. The molecule has 1 rings (SSSR count). The molecule has 0 radical (unpaired) electrons. The van der Waals surface area contributed by atoms with Gasteiger partial charge in [0.2, 0.25) is 5.91 Å². The fourth-order valence-electron chi connectivity index (χ4n) is 2.64. The third-order valence-corrected chi connectivity index (χ3v) is 5.15. The van der Waals surface area contributed by atoms with E-state index in [-0.39, 0.29) is 47.2 Å². The van der Waals surface area contributed by atoms with E-state index in [9.17, 15) is 19.1 Å². The molecule has 0 fully saturated rings. The molecule has 0 heterocycles. The number of amides is 1. The SMILES string of the molecule is CC(=O)N[C@@H](CC(C)C)[C@H]1CC=C(P(=O)([O-])[O-])C[C@H]1S.[NH4+].[NH4+]. The van der Waals surface area contributed by atoms with Gasteiger partial charge in [0, 0.05) is 18.2 Å². The number of carbonyl (C=O) groups is 1. The molecule has 0 aliphatic heterocycles. The van der Waals surface area contributed by atoms with Crippen LogP contribution in [0.1, 0.15) is 40.0 Å². The molecule has 0 aromatic rings. The first kappa shape index (κ1) is 23.9. The number of quaternary nitrogens is 2. The van der Waals surface area contributed by atoms with Gasteiger partial charge in [0.25, 0.3) is 0 Å². The van der Waals surface area contributed by atoms with E-state index in [1.54, 1.807) is 0 Å². The van der Waals surface area contributed by atoms with E-state index in [2.05, 4.69) is 31.8 Å². The molecule has 1 amide bonds. The molecule has 0 aromatic heterocycles. The molecule has 9 N–H and O–H groups in total. The van der Waals surface area contributed by atoms with Crippen LogP contribution in [0.2, 0.25) is 0 Å². The van der Waals surface area contributed by atoms with E-state index in [0.717, 1.165) is 6.42 Å². The zero-order chi connectivity index (χ0) is 15.5. The lowest BCUT2D eigenvalue weighted by Crippen LogP contribution is -2.44. The summed E-state index contributed by atoms with van der Waals surface area (Å²) in [6, 6.07) is -0.0505. The number of rotatable bonds is 5. The van der Waals surface area contributed by atoms with Crippen molar-refractivity contribution in [1.29, 1.82) is 0 Å². The summed E-state index contributed by atoms with van der Waals surface area (Å²) in [7, 11) is -4.67. The van der Waals surface area contributed by atoms with Crippen LogP contribution >= 0.6 is 20.2 Å². The van der Waals surface area contributed by atoms with Gasteiger partial charge in [-0.3, -0.25) is 4.79 Å². The number of hydrogen-bond acceptors (Lipinski definition) is 5. The average Bonchev–Trinajstić information content (AvgIpc) is 2.25. The van der Waals surface area contributed by atoms with Crippen LogP contribution in [0, 0.1) is 11.8 Å². The van der Waals surface area contributed by atoms with Gasteiger partial charge in [-0.2, -0.15) is 12.6 Å². The highest BCUT2D eigenvalue weighted by atomic mass is 32.1. The van der Waals surface area contributed by atoms with Crippen molar-refractivity contribution in [3.63, 3.8) is 0 Å². The van der Waals surface area contributed by atoms with Crippen LogP contribution in [0.4, 0.5) is 0 Å². The highest BCUT2D eigenvalue weighted by Crippen LogP contribution is 2.45. The van der Waals surface area contributed by atoms with E-state index >= 15 is 0 Å². The molecule has 0 bridgehead atoms. The van der Waals surface area contributed by atoms with Crippen molar-refractivity contribution in [3.05, 3.63) is 11.4 Å². The Bertz CT molecular complexity index is 439. The van der Waals surface area contributed by atoms with Crippen molar-refractivity contribution >= 4 is 26.1 Å². The van der Waals surface area contributed by atoms with Gasteiger partial charge in [-0.05, 0) is 44.0 Å². The molecule has 0 saturated carbocycles. The number of carbonyl (C=O) groups excluding carboxylic acids is 1. The maximum absolute atomic E-state index is 11.3. The Balaban J connectivity index is 0. The van der Waals surface area contributed by atoms with Crippen molar-refractivity contribution in [2.24, 2.45) is 11.8 Å². The second-order valence-electron chi connectivity index (χ2n) is 5.80. The molecule has 0 spiro atoms. The highest BCUT2D eigenvalue weighted by Gasteiger charge is 2.31. The second-order valence-corrected chi connectivity index (χ2v) is 8.03. The zero-order valence-corrected chi connectivity index (χ0v) is 15.8. The van der Waals surface area contributed by atoms with Crippen LogP contribution < -0.4 is 27.4 Å². The van der Waals surface area contributed by atoms with Crippen LogP contribution in [0.5, 0.6) is 0 Å². The Hall–Kier alpha value is -0.370. The standard InChI is InChI=1S/C13H24NO4PS.2H3N/c1-8(2)6-12(14-9(3)15)11-5-4-10(7-13(11)20)19(16,17)18;;/h4,8,11-13,20H,5-7H2,1-3H3,(H,14,15)(H2,16,17,18);2*1H3/t11-,12+,13-;;/m1../s1. The van der Waals surface area contributed by atoms with Crippen molar-refractivity contribution in [1.82, 2.24) is 17.6 Å². The topological polar surface area (TPSA) is 165 Å². The summed E-state index contributed by atoms with van der Waals surface area (Å²) in [6.07, 6.45) is 2.89. The minimum Gasteiger partial charge on any atom is -0.808 e. The smallest absolute Gasteiger partial charge is 0.217 e. The summed E-state index contributed by atoms with van der Waals surface area (Å²) < 4.78 is 11.1. The maximum atomic E-state index is 11.3. The van der Waals surface area contributed by atoms with Gasteiger partial charge >= 0.3 is 0 Å². The van der Waals surface area contributed by atoms with Crippen molar-refractivity contribution in [2.45, 2.75) is 51.3 Å². The fourth-order valence-corrected chi connectivity index (χ4v) is 4.06. The molecule has 1 aliphatic carbocycles. The Morgan fingerprint density at radius 1 is 1.45 bits per heavy atom. The molecule has 0 saturated heterocycles. The van der Waals surface area contributed by atoms with Gasteiger partial charge in [-0.1, -0.05) is 19.9 Å². The molecule has 9 heteroatoms. The van der Waals surface area contributed by atoms with Crippen LogP contribution in [0.3, 0.4) is 0 Å². The molecule has 132 valence electrons. The van der Waals surface area contributed by atoms with Gasteiger partial charge in [0.15, 0.2) is 0 Å². The molecule has 3 atom stereocenters. The molecular formula is C13H30N3O4PS. The summed E-state index contributed by atoms with van der Waals surface area (Å²) in [5.74, 6) is 0.340. The Morgan fingerprint density at radius 3 is 2.36 bits per heavy atom. The zero-order valence-electron chi connectivity index (χ0n) is 14.0. The Labute approximate surface area is 138 Å². The third-order valence-electron chi connectivity index (χ3n) is 3.52. The summed E-state index contributed by atoms with van der Waals surface area (Å²) in [4.78, 5) is 33.4. The molecule has 0 aromatic carbocycles. The van der Waals surface area contributed by atoms with E-state index in [1.807, 2.05) is 0 Å². The predicted octanol–water partition coefficient (Wildman–Crippen LogP) is 1.80. The van der Waals surface area contributed by atoms with E-state index in [0.29, 0.717) is 12.3 Å². The number of hydrogen-bond donors (Lipinski definition) is 4. The van der Waals surface area contributed by atoms with Crippen LogP contribution in [-0.4, -0.2) is 17.2 Å². The highest BCUT2D eigenvalue weighted by molar-refractivity contribution is 7.81. The van der Waals surface area contributed by atoms with Crippen molar-refractivity contribution in [3.8, 4) is 0 Å². The molecule has 22 heavy (non-hydrogen) atoms. The van der Waals surface area contributed by atoms with Gasteiger partial charge in [-0.25, -0.2) is 0 Å². The second kappa shape index (κ2) is 9.70. The number of allylic oxidation sites excluding steroid dienone is 2. The van der Waals surface area contributed by atoms with Gasteiger partial charge < -0.3 is 32.0 Å². The van der Waals surface area contributed by atoms with E-state index in [1.165, 1.54) is 13.0 Å². The van der Waals surface area contributed by atoms with Crippen molar-refractivity contribution in [2.75, 3.05) is 0 Å². The van der Waals surface area contributed by atoms with Gasteiger partial charge in [0.1, 0.15) is 0 Å². The van der Waals surface area contributed by atoms with Gasteiger partial charge in [0.05, 0.1) is 0 Å². The minimum absolute atomic E-state index is 0. The maximum Gasteiger partial charge on any atom is 0.217 e. The van der Waals surface area contributed by atoms with Crippen LogP contribution in [0.25, 0.3) is 0 Å². The van der Waals surface area contributed by atoms with Crippen LogP contribution in [-0.2, 0) is 9.36 Å². The summed E-state index contributed by atoms with van der Waals surface area (Å²) >= 11 is 4.44. The Morgan fingerprint density at radius 2 is 2.00 bits per heavy atom. The van der Waals surface area contributed by atoms with Crippen molar-refractivity contribution < 1.29 is 19.1 Å². The van der Waals surface area contributed by atoms with E-state index < -0.39 is 7.60 Å². The molecule has 0 unspecified atom stereocenters. The van der Waals surface area contributed by atoms with E-state index in [4.69, 9.17) is 0 Å². The monoisotopic (exact) mass is 355 g/mol. The fraction of sp³-hybridized carbons (Fsp3) is 0.769. The first-order valence-corrected chi connectivity index (χ1v) is 8.84. The largest absolute Gasteiger partial charge is 0.808 e. The lowest BCUT2D eigenvalue weighted by molar-refractivity contribution is -0.310. The average molecular weight is 355 g/mol. The third kappa shape index (κ3) is 7.26. The predicted molar refractivity (Wildman–Crippen MR) is 90.2 cm³/mol. The Kier molecular flexibility index (Phi) is 10.5. The van der Waals surface area contributed by atoms with Crippen LogP contribution in [0.15, 0.2) is 11.4 Å². The number of thiol groups is 1. The molecule has 7 nitrogen and oxygen atoms in total. The summed E-state index contributed by atoms with van der Waals surface area (Å²) in [5.41, 5.74) is 0. The lowest BCUT2D eigenvalue weighted by atomic mass is 9.83. The number of nitrogens with one attached hydrogen (secondary N) is 1. The van der Waals surface area contributed by atoms with Gasteiger partial charge in [-0.15, -0.1) is 0 Å². The normalized spacial score (nSPS) is 23.0. The summed E-state index contributed by atoms with van der Waals surface area (Å²) in [6.45, 7) is 5.60. The quantitative estimate of drug-likeness (QED) is 0.436. The first-order chi connectivity index (χ1) is 9.11. The summed E-state index contributed by atoms with van der Waals surface area (Å²) in [5, 5.41) is 2.63. The molecule has 1 aliphatic rings.